The van der Waals surface area contributed by atoms with Crippen molar-refractivity contribution >= 4 is 27.0 Å². The van der Waals surface area contributed by atoms with Crippen molar-refractivity contribution in [1.29, 1.82) is 0 Å². The maximum atomic E-state index is 13.6. The molecule has 8 heteroatoms. The number of rotatable bonds is 10. The molecule has 0 aliphatic carbocycles. The Balaban J connectivity index is 2.25. The molecule has 0 fully saturated rings. The Hall–Kier alpha value is -2.08. The highest BCUT2D eigenvalue weighted by Gasteiger charge is 2.34. The molecule has 6 nitrogen and oxygen atoms in total. The van der Waals surface area contributed by atoms with Crippen molar-refractivity contribution in [3.8, 4) is 11.5 Å². The molecule has 2 aromatic rings. The first-order valence-electron chi connectivity index (χ1n) is 10.6. The minimum atomic E-state index is -3.94. The molecule has 170 valence electrons. The minimum Gasteiger partial charge on any atom is -0.462 e. The number of nitrogens with one attached hydrogen (secondary N) is 1. The quantitative estimate of drug-likeness (QED) is 0.288. The number of aryl methyl sites for hydroxylation is 1. The fraction of sp³-hybridized carbons (Fsp3) is 0.435. The summed E-state index contributed by atoms with van der Waals surface area (Å²) < 4.78 is 30.5. The van der Waals surface area contributed by atoms with Gasteiger partial charge in [-0.3, -0.25) is 4.79 Å². The first-order valence-corrected chi connectivity index (χ1v) is 15.6. The highest BCUT2D eigenvalue weighted by atomic mass is 31.2. The molecule has 1 unspecified atom stereocenters. The van der Waals surface area contributed by atoms with Crippen molar-refractivity contribution < 1.29 is 23.1 Å². The van der Waals surface area contributed by atoms with Gasteiger partial charge in [0, 0.05) is 0 Å². The molecule has 0 heterocycles. The number of carbonyl (C=O) groups is 1. The summed E-state index contributed by atoms with van der Waals surface area (Å²) in [4.78, 5) is 12.4. The third-order valence-corrected chi connectivity index (χ3v) is 8.46. The van der Waals surface area contributed by atoms with E-state index < -0.39 is 27.8 Å². The molecule has 0 bridgehead atoms. The second-order valence-corrected chi connectivity index (χ2v) is 15.5. The first-order chi connectivity index (χ1) is 14.4. The van der Waals surface area contributed by atoms with Crippen LogP contribution in [0.5, 0.6) is 11.5 Å². The Morgan fingerprint density at radius 1 is 0.968 bits per heavy atom. The van der Waals surface area contributed by atoms with Crippen molar-refractivity contribution in [2.75, 3.05) is 0 Å². The highest BCUT2D eigenvalue weighted by molar-refractivity contribution is 7.52. The summed E-state index contributed by atoms with van der Waals surface area (Å²) >= 11 is 0. The molecular weight excluding hydrogens is 429 g/mol. The van der Waals surface area contributed by atoms with Crippen LogP contribution in [0.15, 0.2) is 48.5 Å². The predicted octanol–water partition coefficient (Wildman–Crippen LogP) is 5.43. The van der Waals surface area contributed by atoms with E-state index in [1.54, 1.807) is 31.2 Å². The van der Waals surface area contributed by atoms with Crippen molar-refractivity contribution in [3.63, 3.8) is 0 Å². The zero-order valence-electron chi connectivity index (χ0n) is 19.5. The SMILES string of the molecule is CC[C@@H](C)OC(=O)[C@H](C)NP(=O)(Oc1ccc(C)cc1)Oc1ccc([Si](C)(C)C)cc1. The molecule has 31 heavy (non-hydrogen) atoms. The molecule has 3 atom stereocenters. The van der Waals surface area contributed by atoms with E-state index in [2.05, 4.69) is 24.7 Å². The summed E-state index contributed by atoms with van der Waals surface area (Å²) in [5.74, 6) is 0.259. The van der Waals surface area contributed by atoms with Gasteiger partial charge in [0.2, 0.25) is 0 Å². The van der Waals surface area contributed by atoms with Gasteiger partial charge in [0.05, 0.1) is 14.2 Å². The van der Waals surface area contributed by atoms with Gasteiger partial charge in [-0.1, -0.05) is 61.6 Å². The Labute approximate surface area is 186 Å². The van der Waals surface area contributed by atoms with E-state index in [4.69, 9.17) is 13.8 Å². The number of hydrogen-bond donors (Lipinski definition) is 1. The topological polar surface area (TPSA) is 73.9 Å². The van der Waals surface area contributed by atoms with Gasteiger partial charge in [-0.25, -0.2) is 4.57 Å². The van der Waals surface area contributed by atoms with Gasteiger partial charge in [-0.2, -0.15) is 5.09 Å². The van der Waals surface area contributed by atoms with Crippen LogP contribution in [0.1, 0.15) is 32.8 Å². The van der Waals surface area contributed by atoms with Crippen LogP contribution in [0.3, 0.4) is 0 Å². The average molecular weight is 464 g/mol. The van der Waals surface area contributed by atoms with E-state index in [1.807, 2.05) is 45.0 Å². The number of carbonyl (C=O) groups excluding carboxylic acids is 1. The van der Waals surface area contributed by atoms with Crippen LogP contribution in [0, 0.1) is 6.92 Å². The van der Waals surface area contributed by atoms with E-state index in [-0.39, 0.29) is 6.10 Å². The van der Waals surface area contributed by atoms with Crippen LogP contribution in [-0.4, -0.2) is 26.2 Å². The van der Waals surface area contributed by atoms with Crippen LogP contribution >= 0.6 is 7.75 Å². The van der Waals surface area contributed by atoms with Gasteiger partial charge < -0.3 is 13.8 Å². The molecule has 1 N–H and O–H groups in total. The lowest BCUT2D eigenvalue weighted by Gasteiger charge is -2.24. The number of esters is 1. The number of ether oxygens (including phenoxy) is 1. The van der Waals surface area contributed by atoms with Gasteiger partial charge in [0.1, 0.15) is 17.5 Å². The largest absolute Gasteiger partial charge is 0.513 e. The van der Waals surface area contributed by atoms with E-state index in [0.717, 1.165) is 5.56 Å². The zero-order valence-corrected chi connectivity index (χ0v) is 21.4. The van der Waals surface area contributed by atoms with Crippen LogP contribution in [-0.2, 0) is 14.1 Å². The van der Waals surface area contributed by atoms with Gasteiger partial charge in [0.15, 0.2) is 0 Å². The Morgan fingerprint density at radius 3 is 1.90 bits per heavy atom. The zero-order chi connectivity index (χ0) is 23.2. The molecule has 2 aromatic carbocycles. The van der Waals surface area contributed by atoms with Gasteiger partial charge in [-0.05, 0) is 51.5 Å². The van der Waals surface area contributed by atoms with Crippen LogP contribution < -0.4 is 19.3 Å². The summed E-state index contributed by atoms with van der Waals surface area (Å²) in [5, 5.41) is 3.98. The smallest absolute Gasteiger partial charge is 0.462 e. The third kappa shape index (κ3) is 7.84. The van der Waals surface area contributed by atoms with Gasteiger partial charge in [0.25, 0.3) is 0 Å². The molecule has 0 aliphatic rings. The maximum Gasteiger partial charge on any atom is 0.513 e. The minimum absolute atomic E-state index is 0.232. The molecule has 0 radical (unpaired) electrons. The fourth-order valence-electron chi connectivity index (χ4n) is 2.64. The van der Waals surface area contributed by atoms with Crippen LogP contribution in [0.2, 0.25) is 19.6 Å². The summed E-state index contributed by atoms with van der Waals surface area (Å²) in [7, 11) is -5.41. The molecular formula is C23H34NO5PSi. The van der Waals surface area contributed by atoms with E-state index in [1.165, 1.54) is 5.19 Å². The normalized spacial score (nSPS) is 15.5. The Bertz CT molecular complexity index is 909. The monoisotopic (exact) mass is 463 g/mol. The molecule has 0 saturated carbocycles. The van der Waals surface area contributed by atoms with Crippen molar-refractivity contribution in [2.24, 2.45) is 0 Å². The van der Waals surface area contributed by atoms with Gasteiger partial charge in [-0.15, -0.1) is 0 Å². The Morgan fingerprint density at radius 2 is 1.45 bits per heavy atom. The third-order valence-electron chi connectivity index (χ3n) is 4.79. The Kier molecular flexibility index (Phi) is 8.52. The standard InChI is InChI=1S/C23H34NO5PSi/c1-8-18(3)27-23(25)19(4)24-30(26,28-20-11-9-17(2)10-12-20)29-21-13-15-22(16-14-21)31(5,6)7/h9-16,18-19H,8H2,1-7H3,(H,24,26)/t18-,19+,30?/m1/s1. The lowest BCUT2D eigenvalue weighted by Crippen LogP contribution is -2.37. The fourth-order valence-corrected chi connectivity index (χ4v) is 5.32. The number of hydrogen-bond acceptors (Lipinski definition) is 5. The lowest BCUT2D eigenvalue weighted by atomic mass is 10.2. The van der Waals surface area contributed by atoms with E-state index in [0.29, 0.717) is 17.9 Å². The first kappa shape index (κ1) is 25.2. The molecule has 0 saturated heterocycles. The summed E-state index contributed by atoms with van der Waals surface area (Å²) in [6.45, 7) is 14.0. The molecule has 0 aliphatic heterocycles. The van der Waals surface area contributed by atoms with E-state index in [9.17, 15) is 9.36 Å². The summed E-state index contributed by atoms with van der Waals surface area (Å²) in [6, 6.07) is 13.8. The maximum absolute atomic E-state index is 13.6. The second-order valence-electron chi connectivity index (χ2n) is 8.77. The van der Waals surface area contributed by atoms with E-state index >= 15 is 0 Å². The van der Waals surface area contributed by atoms with Crippen LogP contribution in [0.4, 0.5) is 0 Å². The molecule has 0 spiro atoms. The second kappa shape index (κ2) is 10.5. The van der Waals surface area contributed by atoms with Crippen molar-refractivity contribution in [3.05, 3.63) is 54.1 Å². The van der Waals surface area contributed by atoms with Crippen LogP contribution in [0.25, 0.3) is 0 Å². The van der Waals surface area contributed by atoms with Crippen molar-refractivity contribution in [2.45, 2.75) is 65.9 Å². The average Bonchev–Trinajstić information content (AvgIpc) is 2.69. The number of benzene rings is 2. The molecule has 0 aromatic heterocycles. The van der Waals surface area contributed by atoms with Crippen molar-refractivity contribution in [1.82, 2.24) is 5.09 Å². The molecule has 0 amide bonds. The summed E-state index contributed by atoms with van der Waals surface area (Å²) in [5.41, 5.74) is 1.04. The molecule has 2 rings (SSSR count). The highest BCUT2D eigenvalue weighted by Crippen LogP contribution is 2.45. The lowest BCUT2D eigenvalue weighted by molar-refractivity contribution is -0.150. The predicted molar refractivity (Wildman–Crippen MR) is 128 cm³/mol. The summed E-state index contributed by atoms with van der Waals surface area (Å²) in [6.07, 6.45) is 0.458. The van der Waals surface area contributed by atoms with Gasteiger partial charge >= 0.3 is 13.7 Å².